The zero-order valence-corrected chi connectivity index (χ0v) is 11.2. The van der Waals surface area contributed by atoms with Crippen LogP contribution in [0, 0.1) is 0 Å². The summed E-state index contributed by atoms with van der Waals surface area (Å²) < 4.78 is 36.9. The van der Waals surface area contributed by atoms with Gasteiger partial charge in [-0.05, 0) is 6.92 Å². The number of thiazole rings is 1. The Hall–Kier alpha value is -1.84. The van der Waals surface area contributed by atoms with Gasteiger partial charge in [-0.3, -0.25) is 4.79 Å². The maximum absolute atomic E-state index is 12.3. The van der Waals surface area contributed by atoms with Crippen LogP contribution in [0.1, 0.15) is 18.0 Å². The minimum atomic E-state index is -4.67. The van der Waals surface area contributed by atoms with Gasteiger partial charge in [-0.1, -0.05) is 0 Å². The van der Waals surface area contributed by atoms with Gasteiger partial charge in [0.25, 0.3) is 0 Å². The zero-order valence-electron chi connectivity index (χ0n) is 10.3. The largest absolute Gasteiger partial charge is 0.480 e. The van der Waals surface area contributed by atoms with E-state index in [0.29, 0.717) is 5.01 Å². The molecule has 2 amide bonds. The fourth-order valence-corrected chi connectivity index (χ4v) is 2.01. The summed E-state index contributed by atoms with van der Waals surface area (Å²) in [4.78, 5) is 26.3. The molecule has 1 atom stereocenters. The molecule has 0 bridgehead atoms. The van der Waals surface area contributed by atoms with Crippen molar-refractivity contribution in [2.75, 3.05) is 13.1 Å². The molecule has 1 rings (SSSR count). The second kappa shape index (κ2) is 6.55. The molecule has 0 fully saturated rings. The Balaban J connectivity index is 2.70. The lowest BCUT2D eigenvalue weighted by Gasteiger charge is -2.24. The molecule has 0 aliphatic rings. The molecule has 0 aromatic carbocycles. The summed E-state index contributed by atoms with van der Waals surface area (Å²) in [7, 11) is 0. The molecule has 0 aliphatic heterocycles. The van der Waals surface area contributed by atoms with Crippen molar-refractivity contribution in [2.24, 2.45) is 0 Å². The SMILES string of the molecule is CC(NC(=O)N(CC(=O)O)CC(F)(F)F)c1nccs1. The number of alkyl halides is 3. The Morgan fingerprint density at radius 3 is 2.65 bits per heavy atom. The Bertz CT molecular complexity index is 464. The number of nitrogens with one attached hydrogen (secondary N) is 1. The molecule has 6 nitrogen and oxygen atoms in total. The minimum Gasteiger partial charge on any atom is -0.480 e. The summed E-state index contributed by atoms with van der Waals surface area (Å²) in [6, 6.07) is -1.71. The predicted octanol–water partition coefficient (Wildman–Crippen LogP) is 1.86. The van der Waals surface area contributed by atoms with Gasteiger partial charge in [-0.25, -0.2) is 9.78 Å². The quantitative estimate of drug-likeness (QED) is 0.869. The lowest BCUT2D eigenvalue weighted by atomic mass is 10.3. The summed E-state index contributed by atoms with van der Waals surface area (Å²) in [5.74, 6) is -1.52. The van der Waals surface area contributed by atoms with Crippen LogP contribution >= 0.6 is 11.3 Å². The van der Waals surface area contributed by atoms with Gasteiger partial charge in [0.2, 0.25) is 0 Å². The average Bonchev–Trinajstić information content (AvgIpc) is 2.78. The number of hydrogen-bond acceptors (Lipinski definition) is 4. The number of aliphatic carboxylic acids is 1. The topological polar surface area (TPSA) is 82.5 Å². The zero-order chi connectivity index (χ0) is 15.3. The van der Waals surface area contributed by atoms with Crippen molar-refractivity contribution in [3.05, 3.63) is 16.6 Å². The second-order valence-electron chi connectivity index (χ2n) is 3.91. The van der Waals surface area contributed by atoms with Crippen LogP contribution in [0.5, 0.6) is 0 Å². The Morgan fingerprint density at radius 1 is 1.55 bits per heavy atom. The predicted molar refractivity (Wildman–Crippen MR) is 64.3 cm³/mol. The van der Waals surface area contributed by atoms with E-state index in [1.165, 1.54) is 17.5 Å². The smallest absolute Gasteiger partial charge is 0.406 e. The van der Waals surface area contributed by atoms with Crippen LogP contribution in [-0.4, -0.2) is 46.3 Å². The second-order valence-corrected chi connectivity index (χ2v) is 4.83. The number of amides is 2. The fourth-order valence-electron chi connectivity index (χ4n) is 1.37. The van der Waals surface area contributed by atoms with E-state index in [9.17, 15) is 22.8 Å². The number of aromatic nitrogens is 1. The molecule has 10 heteroatoms. The minimum absolute atomic E-state index is 0.187. The van der Waals surface area contributed by atoms with Crippen LogP contribution < -0.4 is 5.32 Å². The summed E-state index contributed by atoms with van der Waals surface area (Å²) in [5, 5.41) is 13.0. The number of hydrogen-bond donors (Lipinski definition) is 2. The molecule has 1 aromatic heterocycles. The first-order valence-corrected chi connectivity index (χ1v) is 6.30. The Morgan fingerprint density at radius 2 is 2.20 bits per heavy atom. The highest BCUT2D eigenvalue weighted by Gasteiger charge is 2.34. The molecule has 1 heterocycles. The van der Waals surface area contributed by atoms with Crippen molar-refractivity contribution in [1.29, 1.82) is 0 Å². The third-order valence-electron chi connectivity index (χ3n) is 2.15. The van der Waals surface area contributed by atoms with Crippen LogP contribution in [0.15, 0.2) is 11.6 Å². The number of urea groups is 1. The van der Waals surface area contributed by atoms with Crippen LogP contribution in [0.25, 0.3) is 0 Å². The number of carboxylic acid groups (broad SMARTS) is 1. The first-order chi connectivity index (χ1) is 9.19. The number of carbonyl (C=O) groups is 2. The maximum Gasteiger partial charge on any atom is 0.406 e. The summed E-state index contributed by atoms with van der Waals surface area (Å²) in [6.07, 6.45) is -3.18. The van der Waals surface area contributed by atoms with Crippen molar-refractivity contribution < 1.29 is 27.9 Å². The number of nitrogens with zero attached hydrogens (tertiary/aromatic N) is 2. The number of halogens is 3. The summed E-state index contributed by atoms with van der Waals surface area (Å²) in [5.41, 5.74) is 0. The van der Waals surface area contributed by atoms with Gasteiger partial charge in [-0.2, -0.15) is 13.2 Å². The molecule has 112 valence electrons. The average molecular weight is 311 g/mol. The molecule has 1 aromatic rings. The van der Waals surface area contributed by atoms with E-state index in [2.05, 4.69) is 10.3 Å². The van der Waals surface area contributed by atoms with E-state index in [1.54, 1.807) is 12.3 Å². The highest BCUT2D eigenvalue weighted by atomic mass is 32.1. The molecule has 0 aliphatic carbocycles. The highest BCUT2D eigenvalue weighted by molar-refractivity contribution is 7.09. The van der Waals surface area contributed by atoms with E-state index >= 15 is 0 Å². The van der Waals surface area contributed by atoms with Crippen LogP contribution in [0.2, 0.25) is 0 Å². The van der Waals surface area contributed by atoms with E-state index in [-0.39, 0.29) is 4.90 Å². The first kappa shape index (κ1) is 16.2. The molecular weight excluding hydrogens is 299 g/mol. The van der Waals surface area contributed by atoms with Crippen LogP contribution in [0.3, 0.4) is 0 Å². The van der Waals surface area contributed by atoms with Crippen molar-refractivity contribution in [2.45, 2.75) is 19.1 Å². The Kier molecular flexibility index (Phi) is 5.31. The molecule has 20 heavy (non-hydrogen) atoms. The number of rotatable bonds is 5. The van der Waals surface area contributed by atoms with Gasteiger partial charge in [-0.15, -0.1) is 11.3 Å². The third kappa shape index (κ3) is 5.43. The highest BCUT2D eigenvalue weighted by Crippen LogP contribution is 2.18. The van der Waals surface area contributed by atoms with Gasteiger partial charge in [0.15, 0.2) is 0 Å². The summed E-state index contributed by atoms with van der Waals surface area (Å²) >= 11 is 1.23. The van der Waals surface area contributed by atoms with E-state index in [0.717, 1.165) is 0 Å². The normalized spacial score (nSPS) is 12.8. The fraction of sp³-hybridized carbons (Fsp3) is 0.500. The molecule has 0 radical (unpaired) electrons. The first-order valence-electron chi connectivity index (χ1n) is 5.42. The Labute approximate surface area is 116 Å². The van der Waals surface area contributed by atoms with Crippen molar-refractivity contribution in [1.82, 2.24) is 15.2 Å². The lowest BCUT2D eigenvalue weighted by Crippen LogP contribution is -2.47. The molecule has 0 spiro atoms. The van der Waals surface area contributed by atoms with Crippen molar-refractivity contribution >= 4 is 23.3 Å². The van der Waals surface area contributed by atoms with E-state index in [4.69, 9.17) is 5.11 Å². The van der Waals surface area contributed by atoms with Crippen molar-refractivity contribution in [3.63, 3.8) is 0 Å². The van der Waals surface area contributed by atoms with E-state index < -0.39 is 37.3 Å². The number of carbonyl (C=O) groups excluding carboxylic acids is 1. The monoisotopic (exact) mass is 311 g/mol. The molecule has 2 N–H and O–H groups in total. The van der Waals surface area contributed by atoms with Crippen molar-refractivity contribution in [3.8, 4) is 0 Å². The van der Waals surface area contributed by atoms with Crippen LogP contribution in [-0.2, 0) is 4.79 Å². The van der Waals surface area contributed by atoms with Gasteiger partial charge in [0.05, 0.1) is 6.04 Å². The molecule has 0 saturated heterocycles. The standard InChI is InChI=1S/C10H12F3N3O3S/c1-6(8-14-2-3-20-8)15-9(19)16(4-7(17)18)5-10(11,12)13/h2-3,6H,4-5H2,1H3,(H,15,19)(H,17,18). The molecular formula is C10H12F3N3O3S. The van der Waals surface area contributed by atoms with Gasteiger partial charge < -0.3 is 15.3 Å². The lowest BCUT2D eigenvalue weighted by molar-refractivity contribution is -0.149. The number of carboxylic acids is 1. The van der Waals surface area contributed by atoms with Gasteiger partial charge in [0, 0.05) is 11.6 Å². The molecule has 1 unspecified atom stereocenters. The summed E-state index contributed by atoms with van der Waals surface area (Å²) in [6.45, 7) is -1.12. The third-order valence-corrected chi connectivity index (χ3v) is 3.10. The van der Waals surface area contributed by atoms with Gasteiger partial charge >= 0.3 is 18.2 Å². The van der Waals surface area contributed by atoms with Gasteiger partial charge in [0.1, 0.15) is 18.1 Å². The molecule has 0 saturated carbocycles. The maximum atomic E-state index is 12.3. The van der Waals surface area contributed by atoms with Crippen LogP contribution in [0.4, 0.5) is 18.0 Å². The van der Waals surface area contributed by atoms with E-state index in [1.807, 2.05) is 0 Å².